The smallest absolute Gasteiger partial charge is 0.106 e. The van der Waals surface area contributed by atoms with E-state index in [1.165, 1.54) is 12.8 Å². The van der Waals surface area contributed by atoms with Gasteiger partial charge in [0.15, 0.2) is 0 Å². The first kappa shape index (κ1) is 11.5. The van der Waals surface area contributed by atoms with Crippen molar-refractivity contribution in [1.29, 1.82) is 5.26 Å². The van der Waals surface area contributed by atoms with Gasteiger partial charge in [0.2, 0.25) is 0 Å². The van der Waals surface area contributed by atoms with Crippen LogP contribution in [0.25, 0.3) is 0 Å². The lowest BCUT2D eigenvalue weighted by Gasteiger charge is -2.27. The van der Waals surface area contributed by atoms with Crippen LogP contribution >= 0.6 is 0 Å². The maximum absolute atomic E-state index is 9.26. The van der Waals surface area contributed by atoms with Gasteiger partial charge in [0, 0.05) is 0 Å². The predicted molar refractivity (Wildman–Crippen MR) is 58.9 cm³/mol. The molecule has 0 amide bonds. The molecule has 1 unspecified atom stereocenters. The van der Waals surface area contributed by atoms with Crippen LogP contribution in [0.5, 0.6) is 0 Å². The number of nitriles is 1. The summed E-state index contributed by atoms with van der Waals surface area (Å²) in [4.78, 5) is 0. The Hall–Kier alpha value is -0.550. The van der Waals surface area contributed by atoms with Crippen molar-refractivity contribution in [3.05, 3.63) is 0 Å². The lowest BCUT2D eigenvalue weighted by atomic mass is 9.84. The van der Waals surface area contributed by atoms with Crippen molar-refractivity contribution in [2.45, 2.75) is 58.4 Å². The van der Waals surface area contributed by atoms with Crippen LogP contribution in [-0.4, -0.2) is 12.1 Å². The van der Waals surface area contributed by atoms with Crippen molar-refractivity contribution in [2.75, 3.05) is 6.54 Å². The third-order valence-corrected chi connectivity index (χ3v) is 3.41. The zero-order valence-electron chi connectivity index (χ0n) is 9.69. The highest BCUT2D eigenvalue weighted by Crippen LogP contribution is 2.37. The molecular weight excluding hydrogens is 172 g/mol. The molecule has 1 saturated carbocycles. The van der Waals surface area contributed by atoms with Gasteiger partial charge in [-0.05, 0) is 37.6 Å². The van der Waals surface area contributed by atoms with Gasteiger partial charge in [0.1, 0.15) is 5.54 Å². The molecule has 1 aliphatic rings. The maximum Gasteiger partial charge on any atom is 0.106 e. The molecule has 80 valence electrons. The number of nitrogens with one attached hydrogen (secondary N) is 1. The van der Waals surface area contributed by atoms with Crippen LogP contribution < -0.4 is 5.32 Å². The Morgan fingerprint density at radius 1 is 1.21 bits per heavy atom. The van der Waals surface area contributed by atoms with Crippen LogP contribution in [0.15, 0.2) is 0 Å². The summed E-state index contributed by atoms with van der Waals surface area (Å²) in [6, 6.07) is 2.48. The Labute approximate surface area is 87.7 Å². The summed E-state index contributed by atoms with van der Waals surface area (Å²) in [6.07, 6.45) is 5.61. The molecule has 14 heavy (non-hydrogen) atoms. The molecule has 1 rings (SSSR count). The van der Waals surface area contributed by atoms with E-state index in [1.807, 2.05) is 0 Å². The zero-order chi connectivity index (χ0) is 10.7. The van der Waals surface area contributed by atoms with Gasteiger partial charge in [-0.15, -0.1) is 0 Å². The Bertz CT molecular complexity index is 227. The quantitative estimate of drug-likeness (QED) is 0.686. The van der Waals surface area contributed by atoms with E-state index in [4.69, 9.17) is 0 Å². The van der Waals surface area contributed by atoms with E-state index in [0.717, 1.165) is 25.8 Å². The number of nitrogens with zero attached hydrogens (tertiary/aromatic N) is 1. The molecule has 0 bridgehead atoms. The standard InChI is InChI=1S/C12H22N2/c1-4-14-12(10-13)7-5-6-11(2,3)8-9-12/h14H,4-9H2,1-3H3. The summed E-state index contributed by atoms with van der Waals surface area (Å²) in [5.74, 6) is 0. The highest BCUT2D eigenvalue weighted by atomic mass is 15.0. The fourth-order valence-electron chi connectivity index (χ4n) is 2.34. The van der Waals surface area contributed by atoms with Crippen molar-refractivity contribution in [1.82, 2.24) is 5.32 Å². The first-order valence-corrected chi connectivity index (χ1v) is 5.70. The minimum Gasteiger partial charge on any atom is -0.300 e. The second-order valence-electron chi connectivity index (χ2n) is 5.24. The molecule has 0 aromatic rings. The molecule has 0 saturated heterocycles. The van der Waals surface area contributed by atoms with Gasteiger partial charge in [0.05, 0.1) is 6.07 Å². The minimum atomic E-state index is -0.234. The summed E-state index contributed by atoms with van der Waals surface area (Å²) in [7, 11) is 0. The molecular formula is C12H22N2. The van der Waals surface area contributed by atoms with E-state index < -0.39 is 0 Å². The van der Waals surface area contributed by atoms with E-state index in [0.29, 0.717) is 5.41 Å². The third-order valence-electron chi connectivity index (χ3n) is 3.41. The van der Waals surface area contributed by atoms with Gasteiger partial charge in [-0.1, -0.05) is 27.2 Å². The maximum atomic E-state index is 9.26. The van der Waals surface area contributed by atoms with E-state index in [9.17, 15) is 5.26 Å². The highest BCUT2D eigenvalue weighted by molar-refractivity contribution is 5.08. The average Bonchev–Trinajstić information content (AvgIpc) is 2.27. The van der Waals surface area contributed by atoms with E-state index in [2.05, 4.69) is 32.2 Å². The lowest BCUT2D eigenvalue weighted by Crippen LogP contribution is -2.43. The SMILES string of the molecule is CCNC1(C#N)CCCC(C)(C)CC1. The number of hydrogen-bond acceptors (Lipinski definition) is 2. The van der Waals surface area contributed by atoms with Crippen LogP contribution in [0.2, 0.25) is 0 Å². The summed E-state index contributed by atoms with van der Waals surface area (Å²) in [6.45, 7) is 7.60. The topological polar surface area (TPSA) is 35.8 Å². The second-order valence-corrected chi connectivity index (χ2v) is 5.24. The van der Waals surface area contributed by atoms with Gasteiger partial charge in [-0.3, -0.25) is 5.32 Å². The second kappa shape index (κ2) is 4.31. The largest absolute Gasteiger partial charge is 0.300 e. The predicted octanol–water partition coefficient (Wildman–Crippen LogP) is 2.85. The van der Waals surface area contributed by atoms with Crippen LogP contribution in [0.4, 0.5) is 0 Å². The van der Waals surface area contributed by atoms with Crippen molar-refractivity contribution in [2.24, 2.45) is 5.41 Å². The molecule has 2 heteroatoms. The molecule has 1 atom stereocenters. The summed E-state index contributed by atoms with van der Waals surface area (Å²) < 4.78 is 0. The minimum absolute atomic E-state index is 0.234. The summed E-state index contributed by atoms with van der Waals surface area (Å²) in [5.41, 5.74) is 0.191. The number of hydrogen-bond donors (Lipinski definition) is 1. The van der Waals surface area contributed by atoms with Crippen LogP contribution in [0, 0.1) is 16.7 Å². The summed E-state index contributed by atoms with van der Waals surface area (Å²) >= 11 is 0. The Balaban J connectivity index is 2.68. The molecule has 0 heterocycles. The first-order chi connectivity index (χ1) is 6.54. The van der Waals surface area contributed by atoms with Crippen molar-refractivity contribution >= 4 is 0 Å². The normalized spacial score (nSPS) is 31.9. The molecule has 0 radical (unpaired) electrons. The Kier molecular flexibility index (Phi) is 3.55. The fourth-order valence-corrected chi connectivity index (χ4v) is 2.34. The van der Waals surface area contributed by atoms with Gasteiger partial charge in [-0.25, -0.2) is 0 Å². The number of rotatable bonds is 2. The molecule has 1 fully saturated rings. The lowest BCUT2D eigenvalue weighted by molar-refractivity contribution is 0.299. The Morgan fingerprint density at radius 2 is 1.93 bits per heavy atom. The van der Waals surface area contributed by atoms with Gasteiger partial charge < -0.3 is 0 Å². The van der Waals surface area contributed by atoms with Crippen molar-refractivity contribution < 1.29 is 0 Å². The highest BCUT2D eigenvalue weighted by Gasteiger charge is 2.34. The molecule has 1 N–H and O–H groups in total. The molecule has 0 spiro atoms. The monoisotopic (exact) mass is 194 g/mol. The van der Waals surface area contributed by atoms with E-state index in [-0.39, 0.29) is 5.54 Å². The third kappa shape index (κ3) is 2.72. The Morgan fingerprint density at radius 3 is 2.50 bits per heavy atom. The van der Waals surface area contributed by atoms with E-state index in [1.54, 1.807) is 0 Å². The van der Waals surface area contributed by atoms with Gasteiger partial charge in [-0.2, -0.15) is 5.26 Å². The molecule has 2 nitrogen and oxygen atoms in total. The average molecular weight is 194 g/mol. The molecule has 0 aromatic heterocycles. The molecule has 1 aliphatic carbocycles. The van der Waals surface area contributed by atoms with Crippen LogP contribution in [-0.2, 0) is 0 Å². The molecule has 0 aromatic carbocycles. The van der Waals surface area contributed by atoms with Crippen LogP contribution in [0.3, 0.4) is 0 Å². The first-order valence-electron chi connectivity index (χ1n) is 5.70. The van der Waals surface area contributed by atoms with Gasteiger partial charge >= 0.3 is 0 Å². The van der Waals surface area contributed by atoms with Crippen LogP contribution in [0.1, 0.15) is 52.9 Å². The fraction of sp³-hybridized carbons (Fsp3) is 0.917. The van der Waals surface area contributed by atoms with Gasteiger partial charge in [0.25, 0.3) is 0 Å². The molecule has 0 aliphatic heterocycles. The summed E-state index contributed by atoms with van der Waals surface area (Å²) in [5, 5.41) is 12.6. The van der Waals surface area contributed by atoms with E-state index >= 15 is 0 Å². The van der Waals surface area contributed by atoms with Crippen molar-refractivity contribution in [3.63, 3.8) is 0 Å². The van der Waals surface area contributed by atoms with Crippen molar-refractivity contribution in [3.8, 4) is 6.07 Å². The zero-order valence-corrected chi connectivity index (χ0v) is 9.69.